The van der Waals surface area contributed by atoms with Gasteiger partial charge in [-0.3, -0.25) is 0 Å². The summed E-state index contributed by atoms with van der Waals surface area (Å²) in [6.45, 7) is 6.81. The Hall–Kier alpha value is -5.78. The molecule has 8 rings (SSSR count). The molecule has 0 radical (unpaired) electrons. The molecule has 2 heteroatoms. The van der Waals surface area contributed by atoms with Crippen LogP contribution in [0.15, 0.2) is 145 Å². The maximum Gasteiger partial charge on any atom is 0.0967 e. The maximum atomic E-state index is 6.32. The zero-order valence-corrected chi connectivity index (χ0v) is 27.7. The summed E-state index contributed by atoms with van der Waals surface area (Å²) in [7, 11) is 0. The van der Waals surface area contributed by atoms with Crippen molar-refractivity contribution in [3.63, 3.8) is 0 Å². The molecule has 0 N–H and O–H groups in total. The molecule has 5 aromatic carbocycles. The van der Waals surface area contributed by atoms with Gasteiger partial charge in [0.1, 0.15) is 0 Å². The standard InChI is InChI=1S/C46H38N2/c1-5-34(47(35-16-8-6-9-17-35)37-27-28-39-38-20-12-14-22-42(38)46(3,4)43(39)31-37)26-24-32(2)33-25-29-45-41(30-33)40-21-13-15-23-44(40)48(45)36-18-10-7-11-19-36/h1,6-12,14-20,22-31H,13,21H2,2-4H3/b32-24+,34-26+. The largest absolute Gasteiger partial charge is 0.310 e. The van der Waals surface area contributed by atoms with Gasteiger partial charge in [-0.25, -0.2) is 0 Å². The van der Waals surface area contributed by atoms with Crippen molar-refractivity contribution in [1.82, 2.24) is 4.57 Å². The maximum absolute atomic E-state index is 6.32. The lowest BCUT2D eigenvalue weighted by Gasteiger charge is -2.27. The van der Waals surface area contributed by atoms with Gasteiger partial charge >= 0.3 is 0 Å². The van der Waals surface area contributed by atoms with E-state index >= 15 is 0 Å². The van der Waals surface area contributed by atoms with E-state index in [-0.39, 0.29) is 5.41 Å². The summed E-state index contributed by atoms with van der Waals surface area (Å²) in [6, 6.07) is 43.5. The van der Waals surface area contributed by atoms with Crippen LogP contribution >= 0.6 is 0 Å². The summed E-state index contributed by atoms with van der Waals surface area (Å²) >= 11 is 0. The van der Waals surface area contributed by atoms with Crippen LogP contribution in [-0.2, 0) is 11.8 Å². The highest BCUT2D eigenvalue weighted by molar-refractivity contribution is 5.93. The van der Waals surface area contributed by atoms with Crippen LogP contribution in [0.4, 0.5) is 11.4 Å². The third-order valence-electron chi connectivity index (χ3n) is 10.1. The topological polar surface area (TPSA) is 8.17 Å². The summed E-state index contributed by atoms with van der Waals surface area (Å²) in [4.78, 5) is 2.20. The first-order valence-electron chi connectivity index (χ1n) is 16.8. The zero-order valence-electron chi connectivity index (χ0n) is 27.7. The fraction of sp³-hybridized carbons (Fsp3) is 0.130. The number of benzene rings is 5. The SMILES string of the molecule is C#C/C(=C\C=C(/C)c1ccc2c(c1)c1c(n2-c2ccccc2)C=CCC1)N(c1ccccc1)c1ccc2c(c1)C(C)(C)c1ccccc1-2. The Labute approximate surface area is 284 Å². The Kier molecular flexibility index (Phi) is 7.27. The fourth-order valence-electron chi connectivity index (χ4n) is 7.66. The van der Waals surface area contributed by atoms with Gasteiger partial charge in [0.25, 0.3) is 0 Å². The molecular weight excluding hydrogens is 581 g/mol. The smallest absolute Gasteiger partial charge is 0.0967 e. The average Bonchev–Trinajstić information content (AvgIpc) is 3.58. The lowest BCUT2D eigenvalue weighted by molar-refractivity contribution is 0.660. The molecule has 2 aliphatic rings. The first kappa shape index (κ1) is 29.6. The van der Waals surface area contributed by atoms with E-state index in [0.29, 0.717) is 0 Å². The molecule has 1 aromatic heterocycles. The van der Waals surface area contributed by atoms with Crippen molar-refractivity contribution in [3.05, 3.63) is 173 Å². The Balaban J connectivity index is 1.20. The minimum absolute atomic E-state index is 0.103. The second kappa shape index (κ2) is 11.8. The molecular formula is C46H38N2. The number of hydrogen-bond acceptors (Lipinski definition) is 1. The minimum Gasteiger partial charge on any atom is -0.310 e. The summed E-state index contributed by atoms with van der Waals surface area (Å²) in [5.74, 6) is 3.04. The predicted octanol–water partition coefficient (Wildman–Crippen LogP) is 11.7. The molecule has 2 aliphatic carbocycles. The van der Waals surface area contributed by atoms with Crippen molar-refractivity contribution < 1.29 is 0 Å². The van der Waals surface area contributed by atoms with Crippen LogP contribution < -0.4 is 4.90 Å². The monoisotopic (exact) mass is 618 g/mol. The van der Waals surface area contributed by atoms with Crippen molar-refractivity contribution >= 4 is 33.9 Å². The molecule has 232 valence electrons. The molecule has 6 aromatic rings. The van der Waals surface area contributed by atoms with E-state index in [2.05, 4.69) is 176 Å². The minimum atomic E-state index is -0.103. The van der Waals surface area contributed by atoms with Crippen LogP contribution in [-0.4, -0.2) is 4.57 Å². The van der Waals surface area contributed by atoms with Gasteiger partial charge in [0.05, 0.1) is 11.2 Å². The van der Waals surface area contributed by atoms with Crippen molar-refractivity contribution in [2.24, 2.45) is 0 Å². The molecule has 0 amide bonds. The second-order valence-electron chi connectivity index (χ2n) is 13.3. The lowest BCUT2D eigenvalue weighted by Crippen LogP contribution is -2.18. The van der Waals surface area contributed by atoms with Crippen LogP contribution in [0, 0.1) is 12.3 Å². The summed E-state index contributed by atoms with van der Waals surface area (Å²) in [5.41, 5.74) is 15.6. The normalized spacial score (nSPS) is 14.7. The molecule has 1 heterocycles. The van der Waals surface area contributed by atoms with E-state index in [1.54, 1.807) is 0 Å². The molecule has 0 spiro atoms. The van der Waals surface area contributed by atoms with E-state index in [1.807, 2.05) is 6.07 Å². The first-order valence-corrected chi connectivity index (χ1v) is 16.8. The second-order valence-corrected chi connectivity index (χ2v) is 13.3. The summed E-state index contributed by atoms with van der Waals surface area (Å²) in [5, 5.41) is 1.32. The summed E-state index contributed by atoms with van der Waals surface area (Å²) < 4.78 is 2.40. The number of rotatable bonds is 6. The fourth-order valence-corrected chi connectivity index (χ4v) is 7.66. The van der Waals surface area contributed by atoms with Gasteiger partial charge in [0, 0.05) is 33.6 Å². The Morgan fingerprint density at radius 1 is 0.771 bits per heavy atom. The van der Waals surface area contributed by atoms with E-state index in [1.165, 1.54) is 55.7 Å². The van der Waals surface area contributed by atoms with Crippen LogP contribution in [0.5, 0.6) is 0 Å². The third kappa shape index (κ3) is 4.83. The summed E-state index contributed by atoms with van der Waals surface area (Å²) in [6.07, 6.45) is 17.3. The number of allylic oxidation sites excluding steroid dienone is 5. The van der Waals surface area contributed by atoms with E-state index < -0.39 is 0 Å². The van der Waals surface area contributed by atoms with Crippen LogP contribution in [0.2, 0.25) is 0 Å². The highest BCUT2D eigenvalue weighted by Gasteiger charge is 2.35. The Bertz CT molecular complexity index is 2320. The van der Waals surface area contributed by atoms with Gasteiger partial charge < -0.3 is 9.47 Å². The third-order valence-corrected chi connectivity index (χ3v) is 10.1. The van der Waals surface area contributed by atoms with Gasteiger partial charge in [0.2, 0.25) is 0 Å². The number of para-hydroxylation sites is 2. The van der Waals surface area contributed by atoms with Crippen LogP contribution in [0.25, 0.3) is 39.4 Å². The molecule has 0 saturated carbocycles. The molecule has 48 heavy (non-hydrogen) atoms. The molecule has 0 atom stereocenters. The van der Waals surface area contributed by atoms with Crippen LogP contribution in [0.1, 0.15) is 55.1 Å². The average molecular weight is 619 g/mol. The number of nitrogens with zero attached hydrogens (tertiary/aromatic N) is 2. The first-order chi connectivity index (χ1) is 23.5. The number of hydrogen-bond donors (Lipinski definition) is 0. The van der Waals surface area contributed by atoms with Crippen LogP contribution in [0.3, 0.4) is 0 Å². The number of aryl methyl sites for hydroxylation is 1. The van der Waals surface area contributed by atoms with Gasteiger partial charge in [-0.2, -0.15) is 0 Å². The Morgan fingerprint density at radius 2 is 1.50 bits per heavy atom. The quantitative estimate of drug-likeness (QED) is 0.133. The zero-order chi connectivity index (χ0) is 32.8. The van der Waals surface area contributed by atoms with Gasteiger partial charge in [-0.05, 0) is 119 Å². The van der Waals surface area contributed by atoms with Crippen molar-refractivity contribution in [2.45, 2.75) is 39.0 Å². The van der Waals surface area contributed by atoms with E-state index in [9.17, 15) is 0 Å². The van der Waals surface area contributed by atoms with Crippen molar-refractivity contribution in [3.8, 4) is 29.2 Å². The van der Waals surface area contributed by atoms with Gasteiger partial charge in [0.15, 0.2) is 0 Å². The van der Waals surface area contributed by atoms with Gasteiger partial charge in [-0.1, -0.05) is 105 Å². The highest BCUT2D eigenvalue weighted by atomic mass is 15.1. The Morgan fingerprint density at radius 3 is 2.29 bits per heavy atom. The molecule has 0 fully saturated rings. The molecule has 0 aliphatic heterocycles. The van der Waals surface area contributed by atoms with E-state index in [4.69, 9.17) is 6.42 Å². The van der Waals surface area contributed by atoms with Gasteiger partial charge in [-0.15, -0.1) is 6.42 Å². The molecule has 0 bridgehead atoms. The molecule has 2 nitrogen and oxygen atoms in total. The van der Waals surface area contributed by atoms with Crippen molar-refractivity contribution in [2.75, 3.05) is 4.90 Å². The number of anilines is 2. The van der Waals surface area contributed by atoms with E-state index in [0.717, 1.165) is 35.5 Å². The predicted molar refractivity (Wildman–Crippen MR) is 204 cm³/mol. The molecule has 0 saturated heterocycles. The lowest BCUT2D eigenvalue weighted by atomic mass is 9.82. The molecule has 0 unspecified atom stereocenters. The number of terminal acetylenes is 1. The van der Waals surface area contributed by atoms with Crippen molar-refractivity contribution in [1.29, 1.82) is 0 Å². The highest BCUT2D eigenvalue weighted by Crippen LogP contribution is 2.50. The number of fused-ring (bicyclic) bond motifs is 6. The number of aromatic nitrogens is 1.